The molecule has 2 heterocycles. The van der Waals surface area contributed by atoms with Crippen molar-refractivity contribution >= 4 is 21.8 Å². The van der Waals surface area contributed by atoms with Crippen LogP contribution < -0.4 is 0 Å². The summed E-state index contributed by atoms with van der Waals surface area (Å²) in [7, 11) is 0. The van der Waals surface area contributed by atoms with Crippen LogP contribution >= 0.6 is 0 Å². The van der Waals surface area contributed by atoms with E-state index in [2.05, 4.69) is 23.2 Å². The summed E-state index contributed by atoms with van der Waals surface area (Å²) in [5.74, 6) is 0.116. The minimum absolute atomic E-state index is 0.0579. The maximum absolute atomic E-state index is 9.89. The number of aromatic amines is 1. The molecule has 4 heteroatoms. The Kier molecular flexibility index (Phi) is 3.01. The van der Waals surface area contributed by atoms with Crippen molar-refractivity contribution in [2.24, 2.45) is 0 Å². The third kappa shape index (κ3) is 2.18. The Bertz CT molecular complexity index is 1110. The number of fused-ring (bicyclic) bond motifs is 5. The van der Waals surface area contributed by atoms with Crippen molar-refractivity contribution < 1.29 is 10.2 Å². The van der Waals surface area contributed by atoms with Crippen LogP contribution in [0.2, 0.25) is 0 Å². The number of hydrogen-bond donors (Lipinski definition) is 3. The number of aryl methyl sites for hydroxylation is 1. The van der Waals surface area contributed by atoms with Gasteiger partial charge in [0.2, 0.25) is 0 Å². The van der Waals surface area contributed by atoms with Gasteiger partial charge in [0.25, 0.3) is 0 Å². The van der Waals surface area contributed by atoms with Crippen molar-refractivity contribution in [3.63, 3.8) is 0 Å². The Balaban J connectivity index is 1.90. The molecule has 0 aliphatic heterocycles. The van der Waals surface area contributed by atoms with Gasteiger partial charge in [-0.2, -0.15) is 0 Å². The zero-order valence-electron chi connectivity index (χ0n) is 13.7. The fourth-order valence-corrected chi connectivity index (χ4v) is 4.13. The molecule has 0 saturated heterocycles. The number of aromatic hydroxyl groups is 2. The minimum Gasteiger partial charge on any atom is -0.508 e. The highest BCUT2D eigenvalue weighted by Gasteiger charge is 2.21. The van der Waals surface area contributed by atoms with Crippen LogP contribution in [-0.4, -0.2) is 20.2 Å². The highest BCUT2D eigenvalue weighted by atomic mass is 16.3. The maximum Gasteiger partial charge on any atom is 0.119 e. The van der Waals surface area contributed by atoms with E-state index in [4.69, 9.17) is 4.98 Å². The van der Waals surface area contributed by atoms with Gasteiger partial charge in [-0.05, 0) is 67.1 Å². The Morgan fingerprint density at radius 3 is 2.44 bits per heavy atom. The monoisotopic (exact) mass is 330 g/mol. The summed E-state index contributed by atoms with van der Waals surface area (Å²) in [5, 5.41) is 22.2. The summed E-state index contributed by atoms with van der Waals surface area (Å²) in [6.45, 7) is 0. The summed E-state index contributed by atoms with van der Waals surface area (Å²) in [6, 6.07) is 10.9. The number of nitrogens with zero attached hydrogens (tertiary/aromatic N) is 1. The Labute approximate surface area is 144 Å². The normalized spacial score (nSPS) is 14.1. The number of phenols is 2. The van der Waals surface area contributed by atoms with E-state index in [9.17, 15) is 10.2 Å². The number of hydrogen-bond acceptors (Lipinski definition) is 3. The van der Waals surface area contributed by atoms with Crippen LogP contribution in [-0.2, 0) is 12.8 Å². The van der Waals surface area contributed by atoms with Crippen molar-refractivity contribution in [2.75, 3.05) is 0 Å². The fourth-order valence-electron chi connectivity index (χ4n) is 4.13. The van der Waals surface area contributed by atoms with E-state index in [1.54, 1.807) is 12.1 Å². The number of rotatable bonds is 1. The number of phenolic OH excluding ortho intramolecular Hbond substituents is 2. The standard InChI is InChI=1S/C21H18N2O2/c24-13-9-12(10-14(25)11-13)21-16-4-2-1-3-15(16)20-17-7-8-22-18(17)5-6-19(20)23-21/h5-11,22,24-25H,1-4H2. The molecule has 0 bridgehead atoms. The molecule has 3 N–H and O–H groups in total. The average molecular weight is 330 g/mol. The predicted molar refractivity (Wildman–Crippen MR) is 99.0 cm³/mol. The lowest BCUT2D eigenvalue weighted by molar-refractivity contribution is 0.451. The third-order valence-corrected chi connectivity index (χ3v) is 5.18. The molecular formula is C21H18N2O2. The molecule has 1 aliphatic rings. The van der Waals surface area contributed by atoms with Gasteiger partial charge in [0.15, 0.2) is 0 Å². The number of nitrogens with one attached hydrogen (secondary N) is 1. The van der Waals surface area contributed by atoms with Crippen LogP contribution in [0.1, 0.15) is 24.0 Å². The number of benzene rings is 2. The van der Waals surface area contributed by atoms with E-state index in [-0.39, 0.29) is 11.5 Å². The number of pyridine rings is 1. The molecule has 124 valence electrons. The molecule has 4 aromatic rings. The second-order valence-corrected chi connectivity index (χ2v) is 6.76. The van der Waals surface area contributed by atoms with Gasteiger partial charge in [-0.3, -0.25) is 0 Å². The molecule has 0 spiro atoms. The van der Waals surface area contributed by atoms with Gasteiger partial charge in [-0.1, -0.05) is 0 Å². The lowest BCUT2D eigenvalue weighted by Crippen LogP contribution is -2.07. The summed E-state index contributed by atoms with van der Waals surface area (Å²) in [4.78, 5) is 8.22. The lowest BCUT2D eigenvalue weighted by atomic mass is 9.85. The van der Waals surface area contributed by atoms with Crippen LogP contribution in [0.25, 0.3) is 33.1 Å². The van der Waals surface area contributed by atoms with E-state index in [1.165, 1.54) is 34.4 Å². The van der Waals surface area contributed by atoms with E-state index >= 15 is 0 Å². The van der Waals surface area contributed by atoms with Crippen molar-refractivity contribution in [3.05, 3.63) is 53.7 Å². The van der Waals surface area contributed by atoms with Crippen molar-refractivity contribution in [3.8, 4) is 22.8 Å². The smallest absolute Gasteiger partial charge is 0.119 e. The zero-order chi connectivity index (χ0) is 17.0. The molecule has 5 rings (SSSR count). The first kappa shape index (κ1) is 14.3. The van der Waals surface area contributed by atoms with E-state index in [1.807, 2.05) is 6.20 Å². The molecule has 2 aromatic carbocycles. The van der Waals surface area contributed by atoms with Crippen LogP contribution in [0.15, 0.2) is 42.6 Å². The lowest BCUT2D eigenvalue weighted by Gasteiger charge is -2.22. The van der Waals surface area contributed by atoms with Crippen molar-refractivity contribution in [1.82, 2.24) is 9.97 Å². The molecule has 0 unspecified atom stereocenters. The van der Waals surface area contributed by atoms with Gasteiger partial charge >= 0.3 is 0 Å². The van der Waals surface area contributed by atoms with Crippen molar-refractivity contribution in [2.45, 2.75) is 25.7 Å². The molecule has 0 atom stereocenters. The summed E-state index contributed by atoms with van der Waals surface area (Å²) < 4.78 is 0. The zero-order valence-corrected chi connectivity index (χ0v) is 13.7. The first-order valence-corrected chi connectivity index (χ1v) is 8.65. The predicted octanol–water partition coefficient (Wildman–Crippen LogP) is 4.67. The molecular weight excluding hydrogens is 312 g/mol. The number of aromatic nitrogens is 2. The summed E-state index contributed by atoms with van der Waals surface area (Å²) in [5.41, 5.74) is 6.35. The van der Waals surface area contributed by atoms with Crippen LogP contribution in [0.5, 0.6) is 11.5 Å². The summed E-state index contributed by atoms with van der Waals surface area (Å²) >= 11 is 0. The molecule has 1 aliphatic carbocycles. The molecule has 4 nitrogen and oxygen atoms in total. The minimum atomic E-state index is 0.0579. The highest BCUT2D eigenvalue weighted by Crippen LogP contribution is 2.39. The Morgan fingerprint density at radius 2 is 1.64 bits per heavy atom. The highest BCUT2D eigenvalue weighted by molar-refractivity contribution is 6.08. The van der Waals surface area contributed by atoms with Gasteiger partial charge in [-0.15, -0.1) is 0 Å². The summed E-state index contributed by atoms with van der Waals surface area (Å²) in [6.07, 6.45) is 6.31. The number of H-pyrrole nitrogens is 1. The molecule has 0 fully saturated rings. The second kappa shape index (κ2) is 5.24. The van der Waals surface area contributed by atoms with Crippen molar-refractivity contribution in [1.29, 1.82) is 0 Å². The first-order valence-electron chi connectivity index (χ1n) is 8.65. The van der Waals surface area contributed by atoms with Gasteiger partial charge in [0, 0.05) is 34.1 Å². The van der Waals surface area contributed by atoms with Gasteiger partial charge in [0.05, 0.1) is 11.2 Å². The largest absolute Gasteiger partial charge is 0.508 e. The van der Waals surface area contributed by atoms with Crippen LogP contribution in [0, 0.1) is 0 Å². The molecule has 0 amide bonds. The third-order valence-electron chi connectivity index (χ3n) is 5.18. The molecule has 0 saturated carbocycles. The fraction of sp³-hybridized carbons (Fsp3) is 0.190. The first-order chi connectivity index (χ1) is 12.2. The quantitative estimate of drug-likeness (QED) is 0.475. The van der Waals surface area contributed by atoms with Gasteiger partial charge < -0.3 is 15.2 Å². The average Bonchev–Trinajstić information content (AvgIpc) is 3.08. The second-order valence-electron chi connectivity index (χ2n) is 6.76. The topological polar surface area (TPSA) is 69.1 Å². The molecule has 2 aromatic heterocycles. The van der Waals surface area contributed by atoms with Crippen LogP contribution in [0.3, 0.4) is 0 Å². The van der Waals surface area contributed by atoms with Gasteiger partial charge in [-0.25, -0.2) is 4.98 Å². The molecule has 25 heavy (non-hydrogen) atoms. The van der Waals surface area contributed by atoms with E-state index < -0.39 is 0 Å². The maximum atomic E-state index is 9.89. The molecule has 0 radical (unpaired) electrons. The van der Waals surface area contributed by atoms with E-state index in [0.717, 1.165) is 41.6 Å². The van der Waals surface area contributed by atoms with Crippen LogP contribution in [0.4, 0.5) is 0 Å². The van der Waals surface area contributed by atoms with Gasteiger partial charge in [0.1, 0.15) is 11.5 Å². The SMILES string of the molecule is Oc1cc(O)cc(-c2nc3ccc4[nH]ccc4c3c3c2CCCC3)c1. The Morgan fingerprint density at radius 1 is 0.880 bits per heavy atom. The van der Waals surface area contributed by atoms with E-state index in [0.29, 0.717) is 0 Å². The Hall–Kier alpha value is -3.01.